The molecule has 1 N–H and O–H groups in total. The van der Waals surface area contributed by atoms with Gasteiger partial charge >= 0.3 is 0 Å². The van der Waals surface area contributed by atoms with Crippen LogP contribution in [-0.2, 0) is 16.6 Å². The topological polar surface area (TPSA) is 77.5 Å². The number of pyridine rings is 1. The van der Waals surface area contributed by atoms with Gasteiger partial charge < -0.3 is 9.47 Å². The fraction of sp³-hybridized carbons (Fsp3) is 0.267. The van der Waals surface area contributed by atoms with Crippen LogP contribution in [0.15, 0.2) is 41.6 Å². The predicted octanol–water partition coefficient (Wildman–Crippen LogP) is 1.89. The molecule has 2 rings (SSSR count). The Morgan fingerprint density at radius 1 is 1.09 bits per heavy atom. The maximum atomic E-state index is 12.5. The smallest absolute Gasteiger partial charge is 0.241 e. The average Bonchev–Trinajstić information content (AvgIpc) is 2.53. The fourth-order valence-electron chi connectivity index (χ4n) is 2.01. The fourth-order valence-corrected chi connectivity index (χ4v) is 3.27. The van der Waals surface area contributed by atoms with Crippen LogP contribution in [-0.4, -0.2) is 27.6 Å². The molecule has 0 amide bonds. The summed E-state index contributed by atoms with van der Waals surface area (Å²) in [7, 11) is -0.679. The third-order valence-corrected chi connectivity index (χ3v) is 4.73. The molecule has 0 aliphatic heterocycles. The molecule has 0 saturated carbocycles. The lowest BCUT2D eigenvalue weighted by atomic mass is 10.2. The molecule has 0 spiro atoms. The zero-order valence-electron chi connectivity index (χ0n) is 12.7. The van der Waals surface area contributed by atoms with E-state index in [4.69, 9.17) is 9.47 Å². The van der Waals surface area contributed by atoms with Crippen LogP contribution in [0.5, 0.6) is 11.5 Å². The Bertz CT molecular complexity index is 746. The number of hydrogen-bond donors (Lipinski definition) is 1. The summed E-state index contributed by atoms with van der Waals surface area (Å²) in [4.78, 5) is 4.06. The van der Waals surface area contributed by atoms with Crippen LogP contribution in [0.2, 0.25) is 0 Å². The summed E-state index contributed by atoms with van der Waals surface area (Å²) in [5, 5.41) is 0. The third kappa shape index (κ3) is 3.55. The number of ether oxygens (including phenoxy) is 2. The van der Waals surface area contributed by atoms with Gasteiger partial charge in [0, 0.05) is 25.0 Å². The second-order valence-electron chi connectivity index (χ2n) is 4.65. The van der Waals surface area contributed by atoms with Crippen LogP contribution in [0.25, 0.3) is 0 Å². The van der Waals surface area contributed by atoms with Gasteiger partial charge in [0.15, 0.2) is 11.5 Å². The van der Waals surface area contributed by atoms with Crippen LogP contribution < -0.4 is 14.2 Å². The van der Waals surface area contributed by atoms with Gasteiger partial charge in [-0.25, -0.2) is 13.1 Å². The van der Waals surface area contributed by atoms with E-state index in [1.807, 2.05) is 0 Å². The monoisotopic (exact) mass is 322 g/mol. The van der Waals surface area contributed by atoms with Crippen molar-refractivity contribution in [1.29, 1.82) is 0 Å². The number of nitrogens with one attached hydrogen (secondary N) is 1. The first-order valence-corrected chi connectivity index (χ1v) is 8.07. The number of benzene rings is 1. The summed E-state index contributed by atoms with van der Waals surface area (Å²) in [6.45, 7) is 1.90. The number of nitrogens with zero attached hydrogens (tertiary/aromatic N) is 1. The van der Waals surface area contributed by atoms with Crippen LogP contribution >= 0.6 is 0 Å². The summed E-state index contributed by atoms with van der Waals surface area (Å²) in [5.41, 5.74) is 1.41. The number of aryl methyl sites for hydroxylation is 1. The minimum absolute atomic E-state index is 0.166. The molecule has 6 nitrogen and oxygen atoms in total. The predicted molar refractivity (Wildman–Crippen MR) is 82.5 cm³/mol. The van der Waals surface area contributed by atoms with E-state index in [-0.39, 0.29) is 11.4 Å². The van der Waals surface area contributed by atoms with Crippen molar-refractivity contribution in [2.45, 2.75) is 18.4 Å². The van der Waals surface area contributed by atoms with Gasteiger partial charge in [-0.15, -0.1) is 0 Å². The molecule has 0 fully saturated rings. The van der Waals surface area contributed by atoms with E-state index in [0.29, 0.717) is 17.1 Å². The molecule has 7 heteroatoms. The summed E-state index contributed by atoms with van der Waals surface area (Å²) >= 11 is 0. The van der Waals surface area contributed by atoms with Crippen molar-refractivity contribution in [1.82, 2.24) is 9.71 Å². The highest BCUT2D eigenvalue weighted by atomic mass is 32.2. The minimum Gasteiger partial charge on any atom is -0.493 e. The van der Waals surface area contributed by atoms with Gasteiger partial charge in [-0.05, 0) is 36.2 Å². The Labute approximate surface area is 130 Å². The highest BCUT2D eigenvalue weighted by Crippen LogP contribution is 2.32. The maximum Gasteiger partial charge on any atom is 0.241 e. The van der Waals surface area contributed by atoms with Gasteiger partial charge in [-0.1, -0.05) is 0 Å². The van der Waals surface area contributed by atoms with Gasteiger partial charge in [0.25, 0.3) is 0 Å². The molecular weight excluding hydrogens is 304 g/mol. The van der Waals surface area contributed by atoms with E-state index >= 15 is 0 Å². The maximum absolute atomic E-state index is 12.5. The van der Waals surface area contributed by atoms with Crippen LogP contribution in [0.4, 0.5) is 0 Å². The number of sulfonamides is 1. The first-order valence-electron chi connectivity index (χ1n) is 6.59. The van der Waals surface area contributed by atoms with E-state index in [2.05, 4.69) is 9.71 Å². The van der Waals surface area contributed by atoms with Gasteiger partial charge in [-0.3, -0.25) is 4.98 Å². The average molecular weight is 322 g/mol. The highest BCUT2D eigenvalue weighted by molar-refractivity contribution is 7.89. The largest absolute Gasteiger partial charge is 0.493 e. The lowest BCUT2D eigenvalue weighted by Crippen LogP contribution is -2.24. The molecule has 1 aromatic carbocycles. The Morgan fingerprint density at radius 2 is 1.68 bits per heavy atom. The summed E-state index contributed by atoms with van der Waals surface area (Å²) in [5.74, 6) is 0.866. The molecule has 0 atom stereocenters. The molecule has 0 saturated heterocycles. The highest BCUT2D eigenvalue weighted by Gasteiger charge is 2.20. The Kier molecular flexibility index (Phi) is 4.99. The van der Waals surface area contributed by atoms with Crippen molar-refractivity contribution >= 4 is 10.0 Å². The zero-order chi connectivity index (χ0) is 16.2. The van der Waals surface area contributed by atoms with Crippen molar-refractivity contribution in [3.8, 4) is 11.5 Å². The number of hydrogen-bond acceptors (Lipinski definition) is 5. The van der Waals surface area contributed by atoms with Crippen molar-refractivity contribution in [3.05, 3.63) is 47.8 Å². The van der Waals surface area contributed by atoms with Crippen LogP contribution in [0.1, 0.15) is 11.1 Å². The molecule has 0 unspecified atom stereocenters. The van der Waals surface area contributed by atoms with E-state index in [9.17, 15) is 8.42 Å². The standard InChI is InChI=1S/C15H18N2O4S/c1-11-8-13(20-2)14(21-3)9-15(11)22(18,19)17-10-12-4-6-16-7-5-12/h4-9,17H,10H2,1-3H3. The lowest BCUT2D eigenvalue weighted by Gasteiger charge is -2.13. The Morgan fingerprint density at radius 3 is 2.27 bits per heavy atom. The molecule has 0 aliphatic carbocycles. The molecule has 0 aliphatic rings. The zero-order valence-corrected chi connectivity index (χ0v) is 13.5. The van der Waals surface area contributed by atoms with Crippen LogP contribution in [0.3, 0.4) is 0 Å². The minimum atomic E-state index is -3.65. The van der Waals surface area contributed by atoms with Crippen LogP contribution in [0, 0.1) is 6.92 Å². The van der Waals surface area contributed by atoms with E-state index < -0.39 is 10.0 Å². The summed E-state index contributed by atoms with van der Waals surface area (Å²) in [6, 6.07) is 6.61. The van der Waals surface area contributed by atoms with E-state index in [0.717, 1.165) is 5.56 Å². The van der Waals surface area contributed by atoms with Gasteiger partial charge in [0.05, 0.1) is 19.1 Å². The molecule has 1 heterocycles. The summed E-state index contributed by atoms with van der Waals surface area (Å²) < 4.78 is 37.8. The number of methoxy groups -OCH3 is 2. The third-order valence-electron chi connectivity index (χ3n) is 3.19. The first-order chi connectivity index (χ1) is 10.5. The molecule has 0 bridgehead atoms. The lowest BCUT2D eigenvalue weighted by molar-refractivity contribution is 0.353. The molecule has 118 valence electrons. The first kappa shape index (κ1) is 16.3. The van der Waals surface area contributed by atoms with E-state index in [1.165, 1.54) is 20.3 Å². The quantitative estimate of drug-likeness (QED) is 0.879. The number of aromatic nitrogens is 1. The second kappa shape index (κ2) is 6.76. The van der Waals surface area contributed by atoms with Gasteiger partial charge in [0.2, 0.25) is 10.0 Å². The molecule has 2 aromatic rings. The second-order valence-corrected chi connectivity index (χ2v) is 6.39. The normalized spacial score (nSPS) is 11.2. The molecule has 1 aromatic heterocycles. The Balaban J connectivity index is 2.29. The van der Waals surface area contributed by atoms with Crippen molar-refractivity contribution in [2.24, 2.45) is 0 Å². The van der Waals surface area contributed by atoms with Gasteiger partial charge in [0.1, 0.15) is 0 Å². The van der Waals surface area contributed by atoms with Crippen molar-refractivity contribution < 1.29 is 17.9 Å². The molecule has 0 radical (unpaired) electrons. The molecule has 22 heavy (non-hydrogen) atoms. The molecular formula is C15H18N2O4S. The Hall–Kier alpha value is -2.12. The van der Waals surface area contributed by atoms with Crippen molar-refractivity contribution in [2.75, 3.05) is 14.2 Å². The number of rotatable bonds is 6. The van der Waals surface area contributed by atoms with E-state index in [1.54, 1.807) is 37.5 Å². The summed E-state index contributed by atoms with van der Waals surface area (Å²) in [6.07, 6.45) is 3.23. The SMILES string of the molecule is COc1cc(C)c(S(=O)(=O)NCc2ccncc2)cc1OC. The van der Waals surface area contributed by atoms with Crippen molar-refractivity contribution in [3.63, 3.8) is 0 Å². The van der Waals surface area contributed by atoms with Gasteiger partial charge in [-0.2, -0.15) is 0 Å².